The van der Waals surface area contributed by atoms with Crippen LogP contribution in [0.15, 0.2) is 72.8 Å². The van der Waals surface area contributed by atoms with Gasteiger partial charge in [-0.1, -0.05) is 12.1 Å². The first-order valence-corrected chi connectivity index (χ1v) is 10.9. The fourth-order valence-electron chi connectivity index (χ4n) is 3.83. The molecule has 0 aliphatic carbocycles. The summed E-state index contributed by atoms with van der Waals surface area (Å²) in [7, 11) is 3.09. The molecule has 1 N–H and O–H groups in total. The Morgan fingerprint density at radius 1 is 0.886 bits per heavy atom. The van der Waals surface area contributed by atoms with Crippen LogP contribution in [0.1, 0.15) is 12.0 Å². The van der Waals surface area contributed by atoms with E-state index in [1.54, 1.807) is 62.8 Å². The average molecular weight is 477 g/mol. The van der Waals surface area contributed by atoms with Gasteiger partial charge in [0.2, 0.25) is 5.91 Å². The van der Waals surface area contributed by atoms with E-state index in [-0.39, 0.29) is 18.7 Å². The van der Waals surface area contributed by atoms with E-state index in [0.29, 0.717) is 17.2 Å². The molecule has 0 saturated carbocycles. The van der Waals surface area contributed by atoms with E-state index < -0.39 is 29.7 Å². The first-order valence-electron chi connectivity index (χ1n) is 10.9. The third-order valence-corrected chi connectivity index (χ3v) is 5.67. The molecule has 0 bridgehead atoms. The van der Waals surface area contributed by atoms with Gasteiger partial charge in [0.05, 0.1) is 26.3 Å². The normalized spacial score (nSPS) is 15.3. The number of urea groups is 1. The Morgan fingerprint density at radius 3 is 2.03 bits per heavy atom. The number of nitrogens with zero attached hydrogens (tertiary/aromatic N) is 2. The number of amides is 4. The van der Waals surface area contributed by atoms with Crippen molar-refractivity contribution < 1.29 is 28.2 Å². The molecule has 1 fully saturated rings. The molecule has 1 heterocycles. The predicted molar refractivity (Wildman–Crippen MR) is 128 cm³/mol. The van der Waals surface area contributed by atoms with Gasteiger partial charge in [0.15, 0.2) is 0 Å². The predicted octanol–water partition coefficient (Wildman–Crippen LogP) is 4.21. The van der Waals surface area contributed by atoms with Gasteiger partial charge in [-0.3, -0.25) is 9.59 Å². The van der Waals surface area contributed by atoms with Crippen molar-refractivity contribution in [3.8, 4) is 11.5 Å². The van der Waals surface area contributed by atoms with Crippen LogP contribution in [0.2, 0.25) is 0 Å². The summed E-state index contributed by atoms with van der Waals surface area (Å²) in [6.45, 7) is 0.104. The van der Waals surface area contributed by atoms with E-state index in [4.69, 9.17) is 9.47 Å². The van der Waals surface area contributed by atoms with Crippen molar-refractivity contribution in [3.63, 3.8) is 0 Å². The van der Waals surface area contributed by atoms with Crippen molar-refractivity contribution in [2.24, 2.45) is 0 Å². The van der Waals surface area contributed by atoms with Crippen LogP contribution in [0.4, 0.5) is 20.6 Å². The molecule has 4 amide bonds. The molecule has 1 saturated heterocycles. The molecule has 1 atom stereocenters. The lowest BCUT2D eigenvalue weighted by Gasteiger charge is -2.22. The van der Waals surface area contributed by atoms with Gasteiger partial charge >= 0.3 is 6.03 Å². The van der Waals surface area contributed by atoms with E-state index in [2.05, 4.69) is 5.32 Å². The zero-order valence-corrected chi connectivity index (χ0v) is 19.2. The highest BCUT2D eigenvalue weighted by Crippen LogP contribution is 2.29. The van der Waals surface area contributed by atoms with Crippen molar-refractivity contribution in [1.82, 2.24) is 4.90 Å². The molecule has 1 aliphatic rings. The summed E-state index contributed by atoms with van der Waals surface area (Å²) in [6.07, 6.45) is -0.246. The molecule has 0 spiro atoms. The largest absolute Gasteiger partial charge is 0.497 e. The number of hydrogen-bond donors (Lipinski definition) is 1. The second-order valence-electron chi connectivity index (χ2n) is 7.91. The Bertz CT molecular complexity index is 1210. The smallest absolute Gasteiger partial charge is 0.332 e. The van der Waals surface area contributed by atoms with Gasteiger partial charge in [0.25, 0.3) is 5.91 Å². The van der Waals surface area contributed by atoms with Gasteiger partial charge in [-0.2, -0.15) is 0 Å². The summed E-state index contributed by atoms with van der Waals surface area (Å²) in [5.41, 5.74) is 1.53. The molecule has 1 unspecified atom stereocenters. The number of methoxy groups -OCH3 is 2. The van der Waals surface area contributed by atoms with Gasteiger partial charge in [-0.05, 0) is 66.2 Å². The van der Waals surface area contributed by atoms with Gasteiger partial charge in [0, 0.05) is 12.2 Å². The highest BCUT2D eigenvalue weighted by atomic mass is 19.1. The summed E-state index contributed by atoms with van der Waals surface area (Å²) in [5.74, 6) is -0.179. The first-order chi connectivity index (χ1) is 16.9. The number of ether oxygens (including phenoxy) is 2. The molecular weight excluding hydrogens is 453 g/mol. The third-order valence-electron chi connectivity index (χ3n) is 5.67. The summed E-state index contributed by atoms with van der Waals surface area (Å²) in [5, 5.41) is 2.75. The van der Waals surface area contributed by atoms with Crippen LogP contribution in [0.5, 0.6) is 11.5 Å². The van der Waals surface area contributed by atoms with Crippen LogP contribution in [-0.2, 0) is 16.1 Å². The quantitative estimate of drug-likeness (QED) is 0.491. The maximum absolute atomic E-state index is 13.4. The highest BCUT2D eigenvalue weighted by molar-refractivity contribution is 6.22. The second-order valence-corrected chi connectivity index (χ2v) is 7.91. The highest BCUT2D eigenvalue weighted by Gasteiger charge is 2.46. The number of halogens is 1. The summed E-state index contributed by atoms with van der Waals surface area (Å²) in [6, 6.07) is 17.3. The Hall–Kier alpha value is -4.40. The summed E-state index contributed by atoms with van der Waals surface area (Å²) >= 11 is 0. The maximum Gasteiger partial charge on any atom is 0.332 e. The first kappa shape index (κ1) is 23.7. The van der Waals surface area contributed by atoms with Gasteiger partial charge in [0.1, 0.15) is 23.4 Å². The lowest BCUT2D eigenvalue weighted by molar-refractivity contribution is -0.124. The molecule has 3 aromatic rings. The number of imide groups is 1. The Morgan fingerprint density at radius 2 is 1.46 bits per heavy atom. The van der Waals surface area contributed by atoms with Crippen LogP contribution in [0.3, 0.4) is 0 Å². The molecule has 3 aromatic carbocycles. The van der Waals surface area contributed by atoms with E-state index in [9.17, 15) is 18.8 Å². The van der Waals surface area contributed by atoms with Crippen molar-refractivity contribution in [2.75, 3.05) is 24.4 Å². The van der Waals surface area contributed by atoms with E-state index >= 15 is 0 Å². The monoisotopic (exact) mass is 477 g/mol. The minimum absolute atomic E-state index is 0.104. The Labute approximate surface area is 201 Å². The molecule has 1 aliphatic heterocycles. The fraction of sp³-hybridized carbons (Fsp3) is 0.192. The Balaban J connectivity index is 1.58. The van der Waals surface area contributed by atoms with Crippen LogP contribution < -0.4 is 19.7 Å². The fourth-order valence-corrected chi connectivity index (χ4v) is 3.83. The van der Waals surface area contributed by atoms with Crippen LogP contribution in [0, 0.1) is 5.82 Å². The second kappa shape index (κ2) is 10.3. The number of nitrogens with one attached hydrogen (secondary N) is 1. The number of rotatable bonds is 8. The minimum atomic E-state index is -1.03. The molecule has 180 valence electrons. The van der Waals surface area contributed by atoms with Gasteiger partial charge in [-0.25, -0.2) is 14.1 Å². The molecule has 4 rings (SSSR count). The standard InChI is InChI=1S/C26H24FN3O5/c1-34-21-11-3-17(4-12-21)16-29-23(15-24(31)28-19-7-13-22(35-2)14-8-19)25(32)30(26(29)33)20-9-5-18(27)6-10-20/h3-14,23H,15-16H2,1-2H3,(H,28,31). The van der Waals surface area contributed by atoms with Crippen LogP contribution >= 0.6 is 0 Å². The van der Waals surface area contributed by atoms with Crippen molar-refractivity contribution in [3.05, 3.63) is 84.2 Å². The molecular formula is C26H24FN3O5. The summed E-state index contributed by atoms with van der Waals surface area (Å²) < 4.78 is 23.7. The van der Waals surface area contributed by atoms with Crippen molar-refractivity contribution in [2.45, 2.75) is 19.0 Å². The van der Waals surface area contributed by atoms with E-state index in [1.807, 2.05) is 0 Å². The SMILES string of the molecule is COc1ccc(CN2C(=O)N(c3ccc(F)cc3)C(=O)C2CC(=O)Nc2ccc(OC)cc2)cc1. The third kappa shape index (κ3) is 5.24. The van der Waals surface area contributed by atoms with Crippen LogP contribution in [-0.4, -0.2) is 43.0 Å². The maximum atomic E-state index is 13.4. The average Bonchev–Trinajstić information content (AvgIpc) is 3.09. The van der Waals surface area contributed by atoms with Gasteiger partial charge < -0.3 is 19.7 Å². The number of anilines is 2. The van der Waals surface area contributed by atoms with E-state index in [1.165, 1.54) is 29.2 Å². The zero-order valence-electron chi connectivity index (χ0n) is 19.2. The van der Waals surface area contributed by atoms with Gasteiger partial charge in [-0.15, -0.1) is 0 Å². The summed E-state index contributed by atoms with van der Waals surface area (Å²) in [4.78, 5) is 41.8. The number of hydrogen-bond acceptors (Lipinski definition) is 5. The molecule has 35 heavy (non-hydrogen) atoms. The van der Waals surface area contributed by atoms with E-state index in [0.717, 1.165) is 10.5 Å². The van der Waals surface area contributed by atoms with Crippen molar-refractivity contribution >= 4 is 29.2 Å². The lowest BCUT2D eigenvalue weighted by atomic mass is 10.1. The number of carbonyl (C=O) groups is 3. The number of carbonyl (C=O) groups excluding carboxylic acids is 3. The molecule has 8 nitrogen and oxygen atoms in total. The molecule has 0 radical (unpaired) electrons. The van der Waals surface area contributed by atoms with Crippen molar-refractivity contribution in [1.29, 1.82) is 0 Å². The molecule has 0 aromatic heterocycles. The lowest BCUT2D eigenvalue weighted by Crippen LogP contribution is -2.37. The molecule has 9 heteroatoms. The number of benzene rings is 3. The Kier molecular flexibility index (Phi) is 6.96. The minimum Gasteiger partial charge on any atom is -0.497 e. The van der Waals surface area contributed by atoms with Crippen LogP contribution in [0.25, 0.3) is 0 Å². The zero-order chi connectivity index (χ0) is 24.9. The topological polar surface area (TPSA) is 88.2 Å².